The van der Waals surface area contributed by atoms with Gasteiger partial charge in [-0.05, 0) is 111 Å². The molecule has 1 aliphatic heterocycles. The van der Waals surface area contributed by atoms with Crippen LogP contribution < -0.4 is 0 Å². The molecular formula is C41H51FN4O2. The standard InChI is InChI=1S/C41H51FN4O2/c1-5-46-39(25-36(43-46)22-29-14-16-31(17-15-29)30-10-7-6-8-11-30)32-18-20-45(21-19-32)27-34-24-37(44(4)40(28(2)3)41(47)48)26-38(34)33-12-9-13-35(42)23-33/h6-17,23,25,28,32,34,37-38,40H,5,18-22,24,26-27H2,1-4H3,(H,47,48)/t34-,37+,38-,40-/m1/s1. The van der Waals surface area contributed by atoms with Gasteiger partial charge in [-0.2, -0.15) is 5.10 Å². The zero-order valence-electron chi connectivity index (χ0n) is 28.9. The Kier molecular flexibility index (Phi) is 10.8. The van der Waals surface area contributed by atoms with Gasteiger partial charge in [0.15, 0.2) is 0 Å². The minimum absolute atomic E-state index is 0.00969. The molecule has 2 aliphatic rings. The summed E-state index contributed by atoms with van der Waals surface area (Å²) in [5.41, 5.74) is 7.25. The number of likely N-dealkylation sites (N-methyl/N-ethyl adjacent to an activating group) is 1. The quantitative estimate of drug-likeness (QED) is 0.168. The Morgan fingerprint density at radius 2 is 1.67 bits per heavy atom. The molecule has 2 heterocycles. The van der Waals surface area contributed by atoms with E-state index < -0.39 is 12.0 Å². The largest absolute Gasteiger partial charge is 0.480 e. The molecule has 1 N–H and O–H groups in total. The van der Waals surface area contributed by atoms with E-state index in [0.29, 0.717) is 11.8 Å². The van der Waals surface area contributed by atoms with Gasteiger partial charge in [0.25, 0.3) is 0 Å². The maximum absolute atomic E-state index is 14.4. The number of carboxylic acids is 1. The van der Waals surface area contributed by atoms with Crippen molar-refractivity contribution in [1.82, 2.24) is 19.6 Å². The Balaban J connectivity index is 1.10. The van der Waals surface area contributed by atoms with E-state index in [0.717, 1.165) is 69.5 Å². The van der Waals surface area contributed by atoms with Crippen LogP contribution in [0, 0.1) is 17.7 Å². The molecule has 3 aromatic carbocycles. The van der Waals surface area contributed by atoms with E-state index >= 15 is 0 Å². The third-order valence-corrected chi connectivity index (χ3v) is 11.0. The predicted molar refractivity (Wildman–Crippen MR) is 191 cm³/mol. The Hall–Kier alpha value is -3.81. The van der Waals surface area contributed by atoms with Crippen LogP contribution in [0.5, 0.6) is 0 Å². The highest BCUT2D eigenvalue weighted by molar-refractivity contribution is 5.73. The first-order chi connectivity index (χ1) is 23.2. The number of hydrogen-bond donors (Lipinski definition) is 1. The number of halogens is 1. The van der Waals surface area contributed by atoms with Crippen molar-refractivity contribution in [3.05, 3.63) is 113 Å². The third kappa shape index (κ3) is 7.74. The van der Waals surface area contributed by atoms with Gasteiger partial charge in [-0.25, -0.2) is 4.39 Å². The highest BCUT2D eigenvalue weighted by Gasteiger charge is 2.42. The summed E-state index contributed by atoms with van der Waals surface area (Å²) in [6.07, 6.45) is 4.78. The fraction of sp³-hybridized carbons (Fsp3) is 0.463. The Morgan fingerprint density at radius 3 is 2.31 bits per heavy atom. The highest BCUT2D eigenvalue weighted by atomic mass is 19.1. The van der Waals surface area contributed by atoms with Crippen molar-refractivity contribution in [1.29, 1.82) is 0 Å². The third-order valence-electron chi connectivity index (χ3n) is 11.0. The molecule has 254 valence electrons. The zero-order valence-corrected chi connectivity index (χ0v) is 28.9. The lowest BCUT2D eigenvalue weighted by Gasteiger charge is -2.35. The first-order valence-corrected chi connectivity index (χ1v) is 17.8. The molecule has 7 heteroatoms. The van der Waals surface area contributed by atoms with Gasteiger partial charge in [-0.3, -0.25) is 14.4 Å². The number of aryl methyl sites for hydroxylation is 1. The van der Waals surface area contributed by atoms with Crippen LogP contribution in [-0.4, -0.2) is 69.4 Å². The molecule has 0 radical (unpaired) electrons. The number of aliphatic carboxylic acids is 1. The molecule has 2 fully saturated rings. The van der Waals surface area contributed by atoms with Crippen LogP contribution in [0.3, 0.4) is 0 Å². The monoisotopic (exact) mass is 650 g/mol. The minimum atomic E-state index is -0.768. The van der Waals surface area contributed by atoms with Crippen molar-refractivity contribution < 1.29 is 14.3 Å². The van der Waals surface area contributed by atoms with Gasteiger partial charge in [0.1, 0.15) is 11.9 Å². The van der Waals surface area contributed by atoms with Crippen LogP contribution in [0.1, 0.15) is 80.8 Å². The number of nitrogens with zero attached hydrogens (tertiary/aromatic N) is 4. The minimum Gasteiger partial charge on any atom is -0.480 e. The van der Waals surface area contributed by atoms with E-state index in [4.69, 9.17) is 5.10 Å². The second kappa shape index (κ2) is 15.2. The van der Waals surface area contributed by atoms with Gasteiger partial charge < -0.3 is 10.0 Å². The number of carboxylic acid groups (broad SMARTS) is 1. The van der Waals surface area contributed by atoms with Crippen LogP contribution in [0.4, 0.5) is 4.39 Å². The van der Waals surface area contributed by atoms with Gasteiger partial charge in [0, 0.05) is 37.2 Å². The van der Waals surface area contributed by atoms with E-state index in [1.165, 1.54) is 28.5 Å². The zero-order chi connectivity index (χ0) is 33.8. The summed E-state index contributed by atoms with van der Waals surface area (Å²) in [5.74, 6) is 0.0697. The number of rotatable bonds is 12. The lowest BCUT2D eigenvalue weighted by molar-refractivity contribution is -0.145. The Morgan fingerprint density at radius 1 is 0.958 bits per heavy atom. The summed E-state index contributed by atoms with van der Waals surface area (Å²) in [5, 5.41) is 15.0. The lowest BCUT2D eigenvalue weighted by atomic mass is 9.87. The maximum Gasteiger partial charge on any atom is 0.321 e. The topological polar surface area (TPSA) is 61.6 Å². The number of aromatic nitrogens is 2. The molecule has 1 saturated heterocycles. The van der Waals surface area contributed by atoms with Crippen molar-refractivity contribution >= 4 is 5.97 Å². The molecule has 4 aromatic rings. The molecule has 1 aliphatic carbocycles. The van der Waals surface area contributed by atoms with E-state index in [2.05, 4.69) is 76.0 Å². The van der Waals surface area contributed by atoms with Gasteiger partial charge in [0.05, 0.1) is 5.69 Å². The predicted octanol–water partition coefficient (Wildman–Crippen LogP) is 8.08. The number of carbonyl (C=O) groups is 1. The number of hydrogen-bond acceptors (Lipinski definition) is 4. The summed E-state index contributed by atoms with van der Waals surface area (Å²) in [6, 6.07) is 28.3. The first-order valence-electron chi connectivity index (χ1n) is 17.8. The Labute approximate surface area is 285 Å². The Bertz CT molecular complexity index is 1640. The maximum atomic E-state index is 14.4. The first kappa shape index (κ1) is 34.1. The van der Waals surface area contributed by atoms with Crippen LogP contribution in [0.25, 0.3) is 11.1 Å². The van der Waals surface area contributed by atoms with Gasteiger partial charge in [-0.15, -0.1) is 0 Å². The van der Waals surface area contributed by atoms with Crippen LogP contribution in [-0.2, 0) is 17.8 Å². The summed E-state index contributed by atoms with van der Waals surface area (Å²) < 4.78 is 16.6. The van der Waals surface area contributed by atoms with E-state index in [9.17, 15) is 14.3 Å². The molecule has 48 heavy (non-hydrogen) atoms. The number of piperidine rings is 1. The highest BCUT2D eigenvalue weighted by Crippen LogP contribution is 2.43. The smallest absolute Gasteiger partial charge is 0.321 e. The van der Waals surface area contributed by atoms with Crippen LogP contribution in [0.15, 0.2) is 84.9 Å². The molecule has 4 atom stereocenters. The normalized spacial score (nSPS) is 21.3. The molecule has 0 bridgehead atoms. The molecule has 6 rings (SSSR count). The molecule has 1 aromatic heterocycles. The average Bonchev–Trinajstić information content (AvgIpc) is 3.70. The van der Waals surface area contributed by atoms with Gasteiger partial charge >= 0.3 is 5.97 Å². The molecule has 0 spiro atoms. The lowest BCUT2D eigenvalue weighted by Crippen LogP contribution is -2.47. The summed E-state index contributed by atoms with van der Waals surface area (Å²) in [6.45, 7) is 9.99. The van der Waals surface area contributed by atoms with E-state index in [-0.39, 0.29) is 23.7 Å². The van der Waals surface area contributed by atoms with Crippen LogP contribution >= 0.6 is 0 Å². The number of benzene rings is 3. The molecule has 1 saturated carbocycles. The number of likely N-dealkylation sites (tertiary alicyclic amines) is 1. The summed E-state index contributed by atoms with van der Waals surface area (Å²) in [7, 11) is 1.96. The summed E-state index contributed by atoms with van der Waals surface area (Å²) >= 11 is 0. The van der Waals surface area contributed by atoms with Crippen molar-refractivity contribution in [2.45, 2.75) is 83.3 Å². The van der Waals surface area contributed by atoms with Crippen LogP contribution in [0.2, 0.25) is 0 Å². The van der Waals surface area contributed by atoms with E-state index in [1.807, 2.05) is 39.1 Å². The molecule has 6 nitrogen and oxygen atoms in total. The SMILES string of the molecule is CCn1nc(Cc2ccc(-c3ccccc3)cc2)cc1C1CCN(C[C@H]2C[C@H](N(C)[C@@H](C(=O)O)C(C)C)C[C@@H]2c2cccc(F)c2)CC1. The van der Waals surface area contributed by atoms with Crippen molar-refractivity contribution in [3.8, 4) is 11.1 Å². The fourth-order valence-corrected chi connectivity index (χ4v) is 8.48. The average molecular weight is 651 g/mol. The molecule has 0 amide bonds. The van der Waals surface area contributed by atoms with Crippen molar-refractivity contribution in [3.63, 3.8) is 0 Å². The second-order valence-corrected chi connectivity index (χ2v) is 14.4. The van der Waals surface area contributed by atoms with Crippen molar-refractivity contribution in [2.24, 2.45) is 11.8 Å². The van der Waals surface area contributed by atoms with Gasteiger partial charge in [-0.1, -0.05) is 80.6 Å². The summed E-state index contributed by atoms with van der Waals surface area (Å²) in [4.78, 5) is 16.8. The second-order valence-electron chi connectivity index (χ2n) is 14.4. The van der Waals surface area contributed by atoms with E-state index in [1.54, 1.807) is 6.07 Å². The van der Waals surface area contributed by atoms with Gasteiger partial charge in [0.2, 0.25) is 0 Å². The fourth-order valence-electron chi connectivity index (χ4n) is 8.48. The van der Waals surface area contributed by atoms with Crippen molar-refractivity contribution in [2.75, 3.05) is 26.7 Å². The molecule has 0 unspecified atom stereocenters. The molecular weight excluding hydrogens is 599 g/mol.